The number of pyridine rings is 1. The first kappa shape index (κ1) is 22.9. The Kier molecular flexibility index (Phi) is 9.01. The first-order valence-electron chi connectivity index (χ1n) is 11.5. The third-order valence-corrected chi connectivity index (χ3v) is 5.52. The fraction of sp³-hybridized carbons (Fsp3) is 0.440. The molecule has 0 radical (unpaired) electrons. The number of nitrogens with zero attached hydrogens (tertiary/aromatic N) is 2. The van der Waals surface area contributed by atoms with E-state index in [1.54, 1.807) is 11.1 Å². The number of carbonyl (C=O) groups excluding carboxylic acids is 1. The van der Waals surface area contributed by atoms with E-state index in [-0.39, 0.29) is 19.1 Å². The molecule has 1 saturated heterocycles. The molecule has 0 N–H and O–H groups in total. The maximum atomic E-state index is 12.8. The predicted octanol–water partition coefficient (Wildman–Crippen LogP) is 6.05. The van der Waals surface area contributed by atoms with Gasteiger partial charge >= 0.3 is 13.0 Å². The minimum absolute atomic E-state index is 0.0700. The smallest absolute Gasteiger partial charge is 0.417 e. The highest BCUT2D eigenvalue weighted by Gasteiger charge is 2.37. The van der Waals surface area contributed by atoms with Gasteiger partial charge in [-0.05, 0) is 36.8 Å². The highest BCUT2D eigenvalue weighted by molar-refractivity contribution is 6.52. The van der Waals surface area contributed by atoms with Crippen molar-refractivity contribution in [3.63, 3.8) is 0 Å². The van der Waals surface area contributed by atoms with Crippen molar-refractivity contribution in [3.05, 3.63) is 71.9 Å². The molecule has 0 aliphatic carbocycles. The van der Waals surface area contributed by atoms with Gasteiger partial charge in [-0.25, -0.2) is 9.69 Å². The predicted molar refractivity (Wildman–Crippen MR) is 126 cm³/mol. The molecular weight excluding hydrogens is 387 g/mol. The van der Waals surface area contributed by atoms with Gasteiger partial charge in [0, 0.05) is 12.3 Å². The van der Waals surface area contributed by atoms with Crippen LogP contribution < -0.4 is 0 Å². The van der Waals surface area contributed by atoms with Gasteiger partial charge in [0.15, 0.2) is 5.88 Å². The largest absolute Gasteiger partial charge is 0.549 e. The Hall–Kier alpha value is -2.76. The molecule has 1 atom stereocenters. The van der Waals surface area contributed by atoms with Crippen LogP contribution in [0.2, 0.25) is 12.6 Å². The summed E-state index contributed by atoms with van der Waals surface area (Å²) >= 11 is 0. The Morgan fingerprint density at radius 2 is 1.84 bits per heavy atom. The highest BCUT2D eigenvalue weighted by atomic mass is 16.6. The summed E-state index contributed by atoms with van der Waals surface area (Å²) in [5.41, 5.74) is 1.93. The number of amides is 1. The van der Waals surface area contributed by atoms with Crippen molar-refractivity contribution in [2.75, 3.05) is 6.61 Å². The van der Waals surface area contributed by atoms with E-state index in [0.717, 1.165) is 44.0 Å². The van der Waals surface area contributed by atoms with Crippen molar-refractivity contribution in [1.82, 2.24) is 9.88 Å². The number of rotatable bonds is 12. The number of carbonyl (C=O) groups is 1. The molecule has 2 heterocycles. The zero-order valence-corrected chi connectivity index (χ0v) is 18.7. The molecule has 1 amide bonds. The van der Waals surface area contributed by atoms with Crippen molar-refractivity contribution >= 4 is 19.1 Å². The number of cyclic esters (lactones) is 1. The summed E-state index contributed by atoms with van der Waals surface area (Å²) in [6, 6.07) is 15.8. The van der Waals surface area contributed by atoms with E-state index in [1.807, 2.05) is 42.5 Å². The molecule has 1 aliphatic heterocycles. The van der Waals surface area contributed by atoms with Crippen LogP contribution in [0.15, 0.2) is 60.6 Å². The molecule has 164 valence electrons. The number of ether oxygens (including phenoxy) is 1. The van der Waals surface area contributed by atoms with Crippen LogP contribution >= 0.6 is 0 Å². The summed E-state index contributed by atoms with van der Waals surface area (Å²) in [5.74, 6) is 0.541. The lowest BCUT2D eigenvalue weighted by atomic mass is 9.59. The fourth-order valence-electron chi connectivity index (χ4n) is 3.81. The molecule has 5 nitrogen and oxygen atoms in total. The van der Waals surface area contributed by atoms with Gasteiger partial charge in [0.2, 0.25) is 0 Å². The summed E-state index contributed by atoms with van der Waals surface area (Å²) in [6.45, 7) is 4.80. The molecule has 0 spiro atoms. The number of aromatic nitrogens is 1. The van der Waals surface area contributed by atoms with Crippen molar-refractivity contribution in [3.8, 4) is 0 Å². The highest BCUT2D eigenvalue weighted by Crippen LogP contribution is 2.26. The van der Waals surface area contributed by atoms with E-state index in [9.17, 15) is 4.79 Å². The molecule has 1 aliphatic rings. The quantitative estimate of drug-likeness (QED) is 0.310. The molecule has 2 aromatic rings. The summed E-state index contributed by atoms with van der Waals surface area (Å²) in [7, 11) is 0. The summed E-state index contributed by atoms with van der Waals surface area (Å²) in [4.78, 5) is 18.9. The fourth-order valence-corrected chi connectivity index (χ4v) is 3.81. The zero-order valence-electron chi connectivity index (χ0n) is 18.7. The first-order valence-corrected chi connectivity index (χ1v) is 11.5. The molecule has 1 aromatic heterocycles. The van der Waals surface area contributed by atoms with Gasteiger partial charge in [-0.3, -0.25) is 4.98 Å². The molecule has 0 saturated carbocycles. The third kappa shape index (κ3) is 6.88. The lowest BCUT2D eigenvalue weighted by Gasteiger charge is -2.27. The molecule has 6 heteroatoms. The standard InChI is InChI=1S/C25H33BN2O3/c1-3-5-15-26(16-6-4-2)31-24(19-22-14-10-11-17-27-22)28-23(20-30-25(28)29)18-21-12-8-7-9-13-21/h7-14,17,19,23H,3-6,15-16,18,20H2,1-2H3/b24-19-/t23-/m1/s1. The number of hydrogen-bond acceptors (Lipinski definition) is 4. The van der Waals surface area contributed by atoms with Crippen LogP contribution in [0.25, 0.3) is 6.08 Å². The second kappa shape index (κ2) is 12.2. The topological polar surface area (TPSA) is 51.7 Å². The third-order valence-electron chi connectivity index (χ3n) is 5.52. The second-order valence-corrected chi connectivity index (χ2v) is 8.05. The minimum Gasteiger partial charge on any atom is -0.549 e. The van der Waals surface area contributed by atoms with Gasteiger partial charge in [0.25, 0.3) is 0 Å². The van der Waals surface area contributed by atoms with Crippen LogP contribution in [0.5, 0.6) is 0 Å². The molecular formula is C25H33BN2O3. The van der Waals surface area contributed by atoms with Gasteiger partial charge < -0.3 is 9.39 Å². The van der Waals surface area contributed by atoms with Crippen LogP contribution in [0, 0.1) is 0 Å². The number of unbranched alkanes of at least 4 members (excludes halogenated alkanes) is 2. The Morgan fingerprint density at radius 3 is 2.48 bits per heavy atom. The first-order chi connectivity index (χ1) is 15.2. The van der Waals surface area contributed by atoms with Gasteiger partial charge in [-0.15, -0.1) is 0 Å². The Labute approximate surface area is 186 Å². The van der Waals surface area contributed by atoms with Gasteiger partial charge in [-0.2, -0.15) is 0 Å². The van der Waals surface area contributed by atoms with Crippen LogP contribution in [0.3, 0.4) is 0 Å². The average molecular weight is 420 g/mol. The maximum absolute atomic E-state index is 12.8. The van der Waals surface area contributed by atoms with E-state index < -0.39 is 0 Å². The number of benzene rings is 1. The van der Waals surface area contributed by atoms with Crippen molar-refractivity contribution in [2.24, 2.45) is 0 Å². The normalized spacial score (nSPS) is 16.3. The van der Waals surface area contributed by atoms with E-state index >= 15 is 0 Å². The molecule has 0 unspecified atom stereocenters. The lowest BCUT2D eigenvalue weighted by Crippen LogP contribution is -2.37. The number of hydrogen-bond donors (Lipinski definition) is 0. The van der Waals surface area contributed by atoms with Crippen LogP contribution in [0.1, 0.15) is 50.8 Å². The van der Waals surface area contributed by atoms with E-state index in [4.69, 9.17) is 9.39 Å². The molecule has 3 rings (SSSR count). The molecule has 1 aromatic carbocycles. The van der Waals surface area contributed by atoms with E-state index in [0.29, 0.717) is 18.9 Å². The summed E-state index contributed by atoms with van der Waals surface area (Å²) in [6.07, 6.45) is 10.4. The maximum Gasteiger partial charge on any atom is 0.417 e. The Balaban J connectivity index is 1.88. The average Bonchev–Trinajstić information content (AvgIpc) is 3.16. The second-order valence-electron chi connectivity index (χ2n) is 8.05. The monoisotopic (exact) mass is 420 g/mol. The minimum atomic E-state index is -0.354. The SMILES string of the molecule is CCCCB(CCCC)O/C(=C\c1ccccn1)N1C(=O)OC[C@H]1Cc1ccccc1. The van der Waals surface area contributed by atoms with Crippen LogP contribution in [0.4, 0.5) is 4.79 Å². The Morgan fingerprint density at radius 1 is 1.13 bits per heavy atom. The molecule has 1 fully saturated rings. The van der Waals surface area contributed by atoms with Crippen molar-refractivity contribution in [2.45, 2.75) is 64.6 Å². The van der Waals surface area contributed by atoms with Crippen LogP contribution in [-0.4, -0.2) is 35.5 Å². The summed E-state index contributed by atoms with van der Waals surface area (Å²) in [5, 5.41) is 0. The van der Waals surface area contributed by atoms with E-state index in [1.165, 1.54) is 5.56 Å². The summed E-state index contributed by atoms with van der Waals surface area (Å²) < 4.78 is 12.0. The van der Waals surface area contributed by atoms with Gasteiger partial charge in [0.05, 0.1) is 11.7 Å². The van der Waals surface area contributed by atoms with Crippen molar-refractivity contribution < 1.29 is 14.2 Å². The Bertz CT molecular complexity index is 821. The van der Waals surface area contributed by atoms with E-state index in [2.05, 4.69) is 31.0 Å². The lowest BCUT2D eigenvalue weighted by molar-refractivity contribution is 0.153. The van der Waals surface area contributed by atoms with Crippen molar-refractivity contribution in [1.29, 1.82) is 0 Å². The molecule has 0 bridgehead atoms. The van der Waals surface area contributed by atoms with Crippen LogP contribution in [-0.2, 0) is 15.8 Å². The molecule has 31 heavy (non-hydrogen) atoms. The zero-order chi connectivity index (χ0) is 21.9. The van der Waals surface area contributed by atoms with Gasteiger partial charge in [-0.1, -0.05) is 75.9 Å². The van der Waals surface area contributed by atoms with Gasteiger partial charge in [0.1, 0.15) is 6.61 Å².